The Bertz CT molecular complexity index is 295. The average Bonchev–Trinajstić information content (AvgIpc) is 1.93. The lowest BCUT2D eigenvalue weighted by Crippen LogP contribution is -2.06. The standard InChI is InChI=1S/C9H8Cl2S/c10-7-2-1-6(5-8(7)11)9-3-4-12-9/h1-2,5,9H,3-4H2. The van der Waals surface area contributed by atoms with Gasteiger partial charge in [0, 0.05) is 5.25 Å². The smallest absolute Gasteiger partial charge is 0.0595 e. The van der Waals surface area contributed by atoms with Gasteiger partial charge in [-0.2, -0.15) is 11.8 Å². The predicted octanol–water partition coefficient (Wildman–Crippen LogP) is 4.17. The molecule has 0 saturated carbocycles. The van der Waals surface area contributed by atoms with Crippen molar-refractivity contribution in [3.63, 3.8) is 0 Å². The van der Waals surface area contributed by atoms with Gasteiger partial charge in [-0.15, -0.1) is 0 Å². The highest BCUT2D eigenvalue weighted by Crippen LogP contribution is 2.43. The third-order valence-electron chi connectivity index (χ3n) is 2.01. The lowest BCUT2D eigenvalue weighted by molar-refractivity contribution is 0.849. The number of thioether (sulfide) groups is 1. The maximum Gasteiger partial charge on any atom is 0.0595 e. The fourth-order valence-corrected chi connectivity index (χ4v) is 2.33. The first-order chi connectivity index (χ1) is 5.77. The van der Waals surface area contributed by atoms with Crippen LogP contribution < -0.4 is 0 Å². The summed E-state index contributed by atoms with van der Waals surface area (Å²) in [6, 6.07) is 5.91. The van der Waals surface area contributed by atoms with Crippen molar-refractivity contribution >= 4 is 35.0 Å². The second-order valence-corrected chi connectivity index (χ2v) is 4.95. The summed E-state index contributed by atoms with van der Waals surface area (Å²) < 4.78 is 0. The first kappa shape index (κ1) is 8.74. The van der Waals surface area contributed by atoms with Gasteiger partial charge >= 0.3 is 0 Å². The molecule has 1 fully saturated rings. The largest absolute Gasteiger partial charge is 0.154 e. The Kier molecular flexibility index (Phi) is 2.54. The minimum absolute atomic E-state index is 0.643. The van der Waals surface area contributed by atoms with Crippen LogP contribution in [0.4, 0.5) is 0 Å². The fraction of sp³-hybridized carbons (Fsp3) is 0.333. The molecule has 0 amide bonds. The van der Waals surface area contributed by atoms with Crippen LogP contribution in [0.25, 0.3) is 0 Å². The zero-order chi connectivity index (χ0) is 8.55. The number of rotatable bonds is 1. The van der Waals surface area contributed by atoms with Gasteiger partial charge in [0.15, 0.2) is 0 Å². The Hall–Kier alpha value is 0.150. The van der Waals surface area contributed by atoms with Crippen molar-refractivity contribution in [3.8, 4) is 0 Å². The zero-order valence-corrected chi connectivity index (χ0v) is 8.72. The third-order valence-corrected chi connectivity index (χ3v) is 4.14. The van der Waals surface area contributed by atoms with E-state index in [9.17, 15) is 0 Å². The minimum atomic E-state index is 0.643. The van der Waals surface area contributed by atoms with Crippen molar-refractivity contribution in [2.24, 2.45) is 0 Å². The van der Waals surface area contributed by atoms with E-state index in [1.165, 1.54) is 17.7 Å². The number of halogens is 2. The molecule has 3 heteroatoms. The second kappa shape index (κ2) is 3.49. The highest BCUT2D eigenvalue weighted by atomic mass is 35.5. The summed E-state index contributed by atoms with van der Waals surface area (Å²) in [7, 11) is 0. The molecular formula is C9H8Cl2S. The molecule has 0 radical (unpaired) electrons. The van der Waals surface area contributed by atoms with Crippen molar-refractivity contribution in [2.45, 2.75) is 11.7 Å². The van der Waals surface area contributed by atoms with Crippen LogP contribution >= 0.6 is 35.0 Å². The first-order valence-corrected chi connectivity index (χ1v) is 5.64. The molecular weight excluding hydrogens is 211 g/mol. The van der Waals surface area contributed by atoms with Gasteiger partial charge in [-0.1, -0.05) is 29.3 Å². The molecule has 1 aliphatic rings. The van der Waals surface area contributed by atoms with Gasteiger partial charge in [-0.05, 0) is 29.9 Å². The quantitative estimate of drug-likeness (QED) is 0.682. The average molecular weight is 219 g/mol. The van der Waals surface area contributed by atoms with Crippen molar-refractivity contribution in [2.75, 3.05) is 5.75 Å². The van der Waals surface area contributed by atoms with Gasteiger partial charge in [0.05, 0.1) is 10.0 Å². The topological polar surface area (TPSA) is 0 Å². The van der Waals surface area contributed by atoms with Gasteiger partial charge in [0.1, 0.15) is 0 Å². The maximum atomic E-state index is 5.90. The molecule has 0 aromatic heterocycles. The Morgan fingerprint density at radius 1 is 1.25 bits per heavy atom. The third kappa shape index (κ3) is 1.59. The molecule has 1 atom stereocenters. The van der Waals surface area contributed by atoms with Gasteiger partial charge in [-0.3, -0.25) is 0 Å². The zero-order valence-electron chi connectivity index (χ0n) is 6.39. The molecule has 1 aromatic carbocycles. The molecule has 1 aliphatic heterocycles. The Morgan fingerprint density at radius 3 is 2.50 bits per heavy atom. The molecule has 12 heavy (non-hydrogen) atoms. The van der Waals surface area contributed by atoms with E-state index in [4.69, 9.17) is 23.2 Å². The highest BCUT2D eigenvalue weighted by molar-refractivity contribution is 8.00. The Morgan fingerprint density at radius 2 is 2.00 bits per heavy atom. The molecule has 0 aliphatic carbocycles. The fourth-order valence-electron chi connectivity index (χ4n) is 1.21. The van der Waals surface area contributed by atoms with E-state index >= 15 is 0 Å². The summed E-state index contributed by atoms with van der Waals surface area (Å²) in [5.41, 5.74) is 1.31. The van der Waals surface area contributed by atoms with Crippen LogP contribution in [0.2, 0.25) is 10.0 Å². The molecule has 0 N–H and O–H groups in total. The molecule has 2 rings (SSSR count). The summed E-state index contributed by atoms with van der Waals surface area (Å²) in [5.74, 6) is 1.27. The van der Waals surface area contributed by atoms with Crippen molar-refractivity contribution < 1.29 is 0 Å². The SMILES string of the molecule is Clc1ccc(C2CCS2)cc1Cl. The summed E-state index contributed by atoms with van der Waals surface area (Å²) in [6.07, 6.45) is 1.27. The Labute approximate surface area is 86.3 Å². The number of hydrogen-bond acceptors (Lipinski definition) is 1. The van der Waals surface area contributed by atoms with Crippen molar-refractivity contribution in [1.29, 1.82) is 0 Å². The van der Waals surface area contributed by atoms with E-state index in [0.717, 1.165) is 0 Å². The van der Waals surface area contributed by atoms with Gasteiger partial charge in [0.25, 0.3) is 0 Å². The van der Waals surface area contributed by atoms with Crippen LogP contribution in [0.5, 0.6) is 0 Å². The molecule has 1 heterocycles. The van der Waals surface area contributed by atoms with E-state index in [1.807, 2.05) is 23.9 Å². The van der Waals surface area contributed by atoms with E-state index in [1.54, 1.807) is 0 Å². The van der Waals surface area contributed by atoms with Crippen LogP contribution in [0.15, 0.2) is 18.2 Å². The molecule has 0 nitrogen and oxygen atoms in total. The molecule has 64 valence electrons. The maximum absolute atomic E-state index is 5.90. The molecule has 1 unspecified atom stereocenters. The second-order valence-electron chi connectivity index (χ2n) is 2.82. The van der Waals surface area contributed by atoms with Crippen LogP contribution in [-0.2, 0) is 0 Å². The minimum Gasteiger partial charge on any atom is -0.154 e. The van der Waals surface area contributed by atoms with Crippen LogP contribution in [-0.4, -0.2) is 5.75 Å². The number of hydrogen-bond donors (Lipinski definition) is 0. The van der Waals surface area contributed by atoms with Crippen molar-refractivity contribution in [1.82, 2.24) is 0 Å². The molecule has 1 saturated heterocycles. The summed E-state index contributed by atoms with van der Waals surface area (Å²) in [5, 5.41) is 1.96. The summed E-state index contributed by atoms with van der Waals surface area (Å²) in [6.45, 7) is 0. The van der Waals surface area contributed by atoms with Crippen molar-refractivity contribution in [3.05, 3.63) is 33.8 Å². The normalized spacial score (nSPS) is 22.0. The summed E-state index contributed by atoms with van der Waals surface area (Å²) >= 11 is 13.7. The molecule has 0 bridgehead atoms. The highest BCUT2D eigenvalue weighted by Gasteiger charge is 2.20. The van der Waals surface area contributed by atoms with Gasteiger partial charge < -0.3 is 0 Å². The lowest BCUT2D eigenvalue weighted by Gasteiger charge is -2.25. The first-order valence-electron chi connectivity index (χ1n) is 3.84. The van der Waals surface area contributed by atoms with Crippen LogP contribution in [0, 0.1) is 0 Å². The monoisotopic (exact) mass is 218 g/mol. The summed E-state index contributed by atoms with van der Waals surface area (Å²) in [4.78, 5) is 0. The molecule has 1 aromatic rings. The van der Waals surface area contributed by atoms with Gasteiger partial charge in [0.2, 0.25) is 0 Å². The van der Waals surface area contributed by atoms with E-state index in [2.05, 4.69) is 6.07 Å². The van der Waals surface area contributed by atoms with Crippen LogP contribution in [0.3, 0.4) is 0 Å². The van der Waals surface area contributed by atoms with E-state index in [0.29, 0.717) is 15.3 Å². The van der Waals surface area contributed by atoms with E-state index < -0.39 is 0 Å². The predicted molar refractivity (Wildman–Crippen MR) is 56.3 cm³/mol. The van der Waals surface area contributed by atoms with Gasteiger partial charge in [-0.25, -0.2) is 0 Å². The Balaban J connectivity index is 2.27. The van der Waals surface area contributed by atoms with Crippen LogP contribution in [0.1, 0.15) is 17.2 Å². The van der Waals surface area contributed by atoms with E-state index in [-0.39, 0.29) is 0 Å². The number of benzene rings is 1. The molecule has 0 spiro atoms. The lowest BCUT2D eigenvalue weighted by atomic mass is 10.1.